The zero-order chi connectivity index (χ0) is 18.4. The summed E-state index contributed by atoms with van der Waals surface area (Å²) in [5.74, 6) is 0.390. The van der Waals surface area contributed by atoms with Crippen LogP contribution in [-0.4, -0.2) is 4.75 Å². The molecule has 2 aliphatic carbocycles. The van der Waals surface area contributed by atoms with Crippen LogP contribution in [0.2, 0.25) is 0 Å². The SMILES string of the molecule is CC12Sc3ccccc3C1C=CC(N)=C2C1=CC=C(c2ccccc2)CC1. The average molecular weight is 370 g/mol. The second-order valence-electron chi connectivity index (χ2n) is 7.66. The number of thioether (sulfide) groups is 1. The Morgan fingerprint density at radius 1 is 0.926 bits per heavy atom. The van der Waals surface area contributed by atoms with Crippen molar-refractivity contribution < 1.29 is 0 Å². The van der Waals surface area contributed by atoms with Crippen LogP contribution in [0.4, 0.5) is 0 Å². The lowest BCUT2D eigenvalue weighted by Gasteiger charge is -2.37. The Balaban J connectivity index is 1.55. The van der Waals surface area contributed by atoms with Gasteiger partial charge in [0.1, 0.15) is 0 Å². The van der Waals surface area contributed by atoms with E-state index in [2.05, 4.69) is 85.8 Å². The van der Waals surface area contributed by atoms with Crippen LogP contribution >= 0.6 is 11.8 Å². The Hall–Kier alpha value is -2.45. The molecule has 0 bridgehead atoms. The Morgan fingerprint density at radius 3 is 2.41 bits per heavy atom. The third-order valence-corrected chi connectivity index (χ3v) is 7.51. The molecule has 2 aromatic carbocycles. The number of nitrogens with two attached hydrogens (primary N) is 1. The summed E-state index contributed by atoms with van der Waals surface area (Å²) < 4.78 is -0.0214. The number of hydrogen-bond donors (Lipinski definition) is 1. The summed E-state index contributed by atoms with van der Waals surface area (Å²) in [4.78, 5) is 1.39. The van der Waals surface area contributed by atoms with E-state index >= 15 is 0 Å². The molecule has 2 atom stereocenters. The highest BCUT2D eigenvalue weighted by Gasteiger charge is 2.47. The molecule has 5 rings (SSSR count). The fourth-order valence-corrected chi connectivity index (χ4v) is 6.33. The van der Waals surface area contributed by atoms with Crippen LogP contribution in [0.25, 0.3) is 5.57 Å². The van der Waals surface area contributed by atoms with Crippen molar-refractivity contribution in [2.75, 3.05) is 0 Å². The van der Waals surface area contributed by atoms with Crippen LogP contribution < -0.4 is 5.73 Å². The van der Waals surface area contributed by atoms with E-state index in [1.165, 1.54) is 32.7 Å². The molecule has 1 heterocycles. The van der Waals surface area contributed by atoms with Crippen molar-refractivity contribution in [3.05, 3.63) is 107 Å². The number of allylic oxidation sites excluding steroid dienone is 6. The van der Waals surface area contributed by atoms with E-state index in [4.69, 9.17) is 5.73 Å². The lowest BCUT2D eigenvalue weighted by molar-refractivity contribution is 0.654. The van der Waals surface area contributed by atoms with Gasteiger partial charge in [0.05, 0.1) is 4.75 Å². The first-order valence-electron chi connectivity index (χ1n) is 9.59. The van der Waals surface area contributed by atoms with E-state index in [0.29, 0.717) is 5.92 Å². The number of hydrogen-bond acceptors (Lipinski definition) is 2. The molecule has 2 aromatic rings. The van der Waals surface area contributed by atoms with Crippen molar-refractivity contribution in [2.45, 2.75) is 35.3 Å². The van der Waals surface area contributed by atoms with Crippen molar-refractivity contribution in [1.29, 1.82) is 0 Å². The Bertz CT molecular complexity index is 1030. The predicted molar refractivity (Wildman–Crippen MR) is 116 cm³/mol. The maximum atomic E-state index is 6.55. The van der Waals surface area contributed by atoms with Crippen molar-refractivity contribution in [1.82, 2.24) is 0 Å². The van der Waals surface area contributed by atoms with Crippen LogP contribution in [0.5, 0.6) is 0 Å². The predicted octanol–water partition coefficient (Wildman–Crippen LogP) is 6.22. The Kier molecular flexibility index (Phi) is 3.91. The van der Waals surface area contributed by atoms with Gasteiger partial charge in [-0.1, -0.05) is 66.8 Å². The molecule has 3 aliphatic rings. The van der Waals surface area contributed by atoms with Crippen LogP contribution in [-0.2, 0) is 0 Å². The largest absolute Gasteiger partial charge is 0.398 e. The van der Waals surface area contributed by atoms with E-state index in [0.717, 1.165) is 18.5 Å². The number of rotatable bonds is 2. The van der Waals surface area contributed by atoms with Gasteiger partial charge in [-0.2, -0.15) is 0 Å². The van der Waals surface area contributed by atoms with E-state index in [9.17, 15) is 0 Å². The molecule has 27 heavy (non-hydrogen) atoms. The molecule has 2 N–H and O–H groups in total. The van der Waals surface area contributed by atoms with Gasteiger partial charge in [0, 0.05) is 16.5 Å². The molecule has 134 valence electrons. The van der Waals surface area contributed by atoms with Gasteiger partial charge in [-0.05, 0) is 59.8 Å². The first-order chi connectivity index (χ1) is 13.2. The highest BCUT2D eigenvalue weighted by Crippen LogP contribution is 2.60. The summed E-state index contributed by atoms with van der Waals surface area (Å²) in [6, 6.07) is 19.5. The molecule has 0 saturated carbocycles. The van der Waals surface area contributed by atoms with Crippen LogP contribution in [0.1, 0.15) is 36.8 Å². The quantitative estimate of drug-likeness (QED) is 0.680. The summed E-state index contributed by atoms with van der Waals surface area (Å²) in [6.45, 7) is 2.37. The maximum absolute atomic E-state index is 6.55. The third kappa shape index (κ3) is 2.62. The van der Waals surface area contributed by atoms with Gasteiger partial charge in [-0.25, -0.2) is 0 Å². The first kappa shape index (κ1) is 16.7. The second-order valence-corrected chi connectivity index (χ2v) is 9.16. The smallest absolute Gasteiger partial charge is 0.0553 e. The van der Waals surface area contributed by atoms with Crippen LogP contribution in [0.3, 0.4) is 0 Å². The zero-order valence-electron chi connectivity index (χ0n) is 15.5. The summed E-state index contributed by atoms with van der Waals surface area (Å²) in [5, 5.41) is 0. The minimum Gasteiger partial charge on any atom is -0.398 e. The first-order valence-corrected chi connectivity index (χ1v) is 10.4. The highest BCUT2D eigenvalue weighted by molar-refractivity contribution is 8.01. The summed E-state index contributed by atoms with van der Waals surface area (Å²) in [5.41, 5.74) is 14.4. The molecule has 0 amide bonds. The van der Waals surface area contributed by atoms with Gasteiger partial charge in [0.15, 0.2) is 0 Å². The molecular weight excluding hydrogens is 346 g/mol. The molecule has 0 fully saturated rings. The normalized spacial score (nSPS) is 26.3. The summed E-state index contributed by atoms with van der Waals surface area (Å²) in [7, 11) is 0. The standard InChI is InChI=1S/C25H23NS/c1-25-21(20-9-5-6-10-23(20)27-25)15-16-22(26)24(25)19-13-11-18(12-14-19)17-7-3-2-4-8-17/h2-11,13,15-16,21H,12,14,26H2,1H3. The molecule has 1 nitrogen and oxygen atoms in total. The van der Waals surface area contributed by atoms with E-state index in [1.54, 1.807) is 0 Å². The molecular formula is C25H23NS. The van der Waals surface area contributed by atoms with Gasteiger partial charge in [0.25, 0.3) is 0 Å². The highest BCUT2D eigenvalue weighted by atomic mass is 32.2. The van der Waals surface area contributed by atoms with E-state index in [1.807, 2.05) is 11.8 Å². The van der Waals surface area contributed by atoms with Crippen molar-refractivity contribution in [3.63, 3.8) is 0 Å². The minimum atomic E-state index is -0.0214. The van der Waals surface area contributed by atoms with E-state index < -0.39 is 0 Å². The minimum absolute atomic E-state index is 0.0214. The van der Waals surface area contributed by atoms with E-state index in [-0.39, 0.29) is 4.75 Å². The van der Waals surface area contributed by atoms with Crippen molar-refractivity contribution in [2.24, 2.45) is 5.73 Å². The van der Waals surface area contributed by atoms with Crippen LogP contribution in [0.15, 0.2) is 101 Å². The molecule has 2 heteroatoms. The zero-order valence-corrected chi connectivity index (χ0v) is 16.3. The fraction of sp³-hybridized carbons (Fsp3) is 0.200. The lowest BCUT2D eigenvalue weighted by atomic mass is 9.73. The topological polar surface area (TPSA) is 26.0 Å². The number of fused-ring (bicyclic) bond motifs is 3. The van der Waals surface area contributed by atoms with Crippen LogP contribution in [0, 0.1) is 0 Å². The molecule has 0 saturated heterocycles. The Morgan fingerprint density at radius 2 is 1.63 bits per heavy atom. The van der Waals surface area contributed by atoms with Gasteiger partial charge in [-0.3, -0.25) is 0 Å². The molecule has 1 aliphatic heterocycles. The van der Waals surface area contributed by atoms with Crippen molar-refractivity contribution >= 4 is 17.3 Å². The third-order valence-electron chi connectivity index (χ3n) is 6.04. The maximum Gasteiger partial charge on any atom is 0.0553 e. The molecule has 0 radical (unpaired) electrons. The Labute approximate surface area is 165 Å². The number of benzene rings is 2. The fourth-order valence-electron chi connectivity index (χ4n) is 4.73. The van der Waals surface area contributed by atoms with Gasteiger partial charge in [0.2, 0.25) is 0 Å². The van der Waals surface area contributed by atoms with Gasteiger partial charge < -0.3 is 5.73 Å². The summed E-state index contributed by atoms with van der Waals surface area (Å²) >= 11 is 1.97. The molecule has 0 spiro atoms. The van der Waals surface area contributed by atoms with Gasteiger partial charge in [-0.15, -0.1) is 11.8 Å². The molecule has 0 aromatic heterocycles. The van der Waals surface area contributed by atoms with Gasteiger partial charge >= 0.3 is 0 Å². The lowest BCUT2D eigenvalue weighted by Crippen LogP contribution is -2.33. The molecule has 2 unspecified atom stereocenters. The monoisotopic (exact) mass is 369 g/mol. The average Bonchev–Trinajstić information content (AvgIpc) is 3.00. The van der Waals surface area contributed by atoms with Crippen molar-refractivity contribution in [3.8, 4) is 0 Å². The second kappa shape index (κ2) is 6.31. The summed E-state index contributed by atoms with van der Waals surface area (Å²) in [6.07, 6.45) is 11.1.